The Morgan fingerprint density at radius 2 is 2.11 bits per heavy atom. The van der Waals surface area contributed by atoms with Crippen LogP contribution in [-0.2, 0) is 14.8 Å². The molecule has 1 unspecified atom stereocenters. The van der Waals surface area contributed by atoms with E-state index in [0.717, 1.165) is 19.3 Å². The number of ether oxygens (including phenoxy) is 1. The van der Waals surface area contributed by atoms with Gasteiger partial charge < -0.3 is 4.74 Å². The van der Waals surface area contributed by atoms with Crippen LogP contribution in [0.25, 0.3) is 0 Å². The molecule has 0 amide bonds. The van der Waals surface area contributed by atoms with Gasteiger partial charge in [0.1, 0.15) is 6.10 Å². The summed E-state index contributed by atoms with van der Waals surface area (Å²) in [6, 6.07) is -0.0890. The van der Waals surface area contributed by atoms with E-state index in [0.29, 0.717) is 12.4 Å². The third kappa shape index (κ3) is 2.55. The lowest BCUT2D eigenvalue weighted by Crippen LogP contribution is -2.23. The van der Waals surface area contributed by atoms with Crippen molar-refractivity contribution >= 4 is 10.0 Å². The highest BCUT2D eigenvalue weighted by molar-refractivity contribution is 7.89. The molecule has 0 spiro atoms. The number of primary sulfonamides is 1. The molecule has 7 nitrogen and oxygen atoms in total. The summed E-state index contributed by atoms with van der Waals surface area (Å²) in [7, 11) is -3.86. The minimum Gasteiger partial charge on any atom is -0.370 e. The third-order valence-electron chi connectivity index (χ3n) is 2.93. The Hall–Kier alpha value is -0.990. The second-order valence-electron chi connectivity index (χ2n) is 4.70. The lowest BCUT2D eigenvalue weighted by atomic mass is 10.1. The summed E-state index contributed by atoms with van der Waals surface area (Å²) in [4.78, 5) is 0. The average molecular weight is 274 g/mol. The molecule has 1 aromatic rings. The van der Waals surface area contributed by atoms with Crippen LogP contribution in [0, 0.1) is 0 Å². The highest BCUT2D eigenvalue weighted by Gasteiger charge is 2.28. The molecule has 0 aromatic carbocycles. The van der Waals surface area contributed by atoms with Crippen LogP contribution in [0.3, 0.4) is 0 Å². The maximum absolute atomic E-state index is 11.5. The minimum absolute atomic E-state index is 0.0890. The maximum atomic E-state index is 11.5. The van der Waals surface area contributed by atoms with Crippen molar-refractivity contribution in [3.05, 3.63) is 5.82 Å². The van der Waals surface area contributed by atoms with Crippen LogP contribution in [0.15, 0.2) is 5.16 Å². The zero-order valence-electron chi connectivity index (χ0n) is 10.5. The molecule has 0 saturated carbocycles. The predicted octanol–water partition coefficient (Wildman–Crippen LogP) is 0.748. The highest BCUT2D eigenvalue weighted by atomic mass is 32.2. The van der Waals surface area contributed by atoms with Gasteiger partial charge in [-0.2, -0.15) is 0 Å². The second-order valence-corrected chi connectivity index (χ2v) is 6.16. The normalized spacial score (nSPS) is 21.4. The van der Waals surface area contributed by atoms with E-state index < -0.39 is 10.0 Å². The molecule has 0 bridgehead atoms. The largest absolute Gasteiger partial charge is 0.370 e. The Kier molecular flexibility index (Phi) is 3.69. The van der Waals surface area contributed by atoms with E-state index in [9.17, 15) is 8.42 Å². The van der Waals surface area contributed by atoms with Gasteiger partial charge in [-0.05, 0) is 33.1 Å². The Morgan fingerprint density at radius 1 is 1.39 bits per heavy atom. The molecule has 8 heteroatoms. The SMILES string of the molecule is CC(C)n1c(C2CCCCO2)nnc1S(N)(=O)=O. The van der Waals surface area contributed by atoms with Gasteiger partial charge in [-0.1, -0.05) is 0 Å². The van der Waals surface area contributed by atoms with E-state index in [1.54, 1.807) is 4.57 Å². The standard InChI is InChI=1S/C10H18N4O3S/c1-7(2)14-9(8-5-3-4-6-17-8)12-13-10(14)18(11,15)16/h7-8H,3-6H2,1-2H3,(H2,11,15,16). The van der Waals surface area contributed by atoms with Crippen LogP contribution in [0.5, 0.6) is 0 Å². The molecule has 2 N–H and O–H groups in total. The monoisotopic (exact) mass is 274 g/mol. The molecule has 1 fully saturated rings. The van der Waals surface area contributed by atoms with Crippen LogP contribution in [0.1, 0.15) is 51.1 Å². The summed E-state index contributed by atoms with van der Waals surface area (Å²) in [5.74, 6) is 0.550. The summed E-state index contributed by atoms with van der Waals surface area (Å²) in [5.41, 5.74) is 0. The van der Waals surface area contributed by atoms with E-state index in [-0.39, 0.29) is 17.3 Å². The van der Waals surface area contributed by atoms with Crippen molar-refractivity contribution in [1.29, 1.82) is 0 Å². The zero-order chi connectivity index (χ0) is 13.3. The Labute approximate surface area is 106 Å². The number of aromatic nitrogens is 3. The van der Waals surface area contributed by atoms with Gasteiger partial charge in [-0.15, -0.1) is 10.2 Å². The molecule has 1 atom stereocenters. The third-order valence-corrected chi connectivity index (χ3v) is 3.72. The molecule has 1 aliphatic rings. The first-order chi connectivity index (χ1) is 8.41. The molecule has 18 heavy (non-hydrogen) atoms. The summed E-state index contributed by atoms with van der Waals surface area (Å²) in [6.45, 7) is 4.40. The fourth-order valence-corrected chi connectivity index (χ4v) is 2.86. The predicted molar refractivity (Wildman–Crippen MR) is 64.3 cm³/mol. The smallest absolute Gasteiger partial charge is 0.273 e. The van der Waals surface area contributed by atoms with E-state index >= 15 is 0 Å². The lowest BCUT2D eigenvalue weighted by molar-refractivity contribution is 0.00622. The van der Waals surface area contributed by atoms with Gasteiger partial charge in [0.25, 0.3) is 15.2 Å². The molecule has 0 radical (unpaired) electrons. The van der Waals surface area contributed by atoms with E-state index in [4.69, 9.17) is 9.88 Å². The zero-order valence-corrected chi connectivity index (χ0v) is 11.4. The van der Waals surface area contributed by atoms with Gasteiger partial charge in [0.2, 0.25) is 0 Å². The lowest BCUT2D eigenvalue weighted by Gasteiger charge is -2.23. The summed E-state index contributed by atoms with van der Waals surface area (Å²) >= 11 is 0. The van der Waals surface area contributed by atoms with Gasteiger partial charge in [-0.25, -0.2) is 13.6 Å². The summed E-state index contributed by atoms with van der Waals surface area (Å²) < 4.78 is 30.1. The number of hydrogen-bond donors (Lipinski definition) is 1. The Morgan fingerprint density at radius 3 is 2.61 bits per heavy atom. The fraction of sp³-hybridized carbons (Fsp3) is 0.800. The van der Waals surface area contributed by atoms with Crippen molar-refractivity contribution in [3.63, 3.8) is 0 Å². The Balaban J connectivity index is 2.45. The second kappa shape index (κ2) is 4.94. The van der Waals surface area contributed by atoms with Crippen LogP contribution < -0.4 is 5.14 Å². The summed E-state index contributed by atoms with van der Waals surface area (Å²) in [5, 5.41) is 12.6. The average Bonchev–Trinajstić information content (AvgIpc) is 2.74. The van der Waals surface area contributed by atoms with Gasteiger partial charge in [-0.3, -0.25) is 4.57 Å². The maximum Gasteiger partial charge on any atom is 0.273 e. The molecule has 1 saturated heterocycles. The van der Waals surface area contributed by atoms with Crippen LogP contribution in [0.2, 0.25) is 0 Å². The van der Waals surface area contributed by atoms with Crippen molar-refractivity contribution in [2.45, 2.75) is 50.4 Å². The van der Waals surface area contributed by atoms with Crippen molar-refractivity contribution in [2.75, 3.05) is 6.61 Å². The molecular formula is C10H18N4O3S. The van der Waals surface area contributed by atoms with Gasteiger partial charge in [0.15, 0.2) is 5.82 Å². The van der Waals surface area contributed by atoms with E-state index in [1.807, 2.05) is 13.8 Å². The molecule has 1 aliphatic heterocycles. The first-order valence-electron chi connectivity index (χ1n) is 6.00. The van der Waals surface area contributed by atoms with Crippen LogP contribution >= 0.6 is 0 Å². The van der Waals surface area contributed by atoms with Crippen molar-refractivity contribution in [2.24, 2.45) is 5.14 Å². The van der Waals surface area contributed by atoms with Gasteiger partial charge in [0.05, 0.1) is 0 Å². The fourth-order valence-electron chi connectivity index (χ4n) is 2.13. The number of nitrogens with two attached hydrogens (primary N) is 1. The number of nitrogens with zero attached hydrogens (tertiary/aromatic N) is 3. The molecule has 2 heterocycles. The van der Waals surface area contributed by atoms with E-state index in [1.165, 1.54) is 0 Å². The van der Waals surface area contributed by atoms with Gasteiger partial charge >= 0.3 is 0 Å². The summed E-state index contributed by atoms with van der Waals surface area (Å²) in [6.07, 6.45) is 2.70. The topological polar surface area (TPSA) is 100 Å². The van der Waals surface area contributed by atoms with Crippen LogP contribution in [-0.4, -0.2) is 29.8 Å². The molecule has 2 rings (SSSR count). The number of sulfonamides is 1. The minimum atomic E-state index is -3.86. The molecule has 0 aliphatic carbocycles. The van der Waals surface area contributed by atoms with Crippen LogP contribution in [0.4, 0.5) is 0 Å². The quantitative estimate of drug-likeness (QED) is 0.876. The number of hydrogen-bond acceptors (Lipinski definition) is 5. The first-order valence-corrected chi connectivity index (χ1v) is 7.55. The van der Waals surface area contributed by atoms with E-state index in [2.05, 4.69) is 10.2 Å². The Bertz CT molecular complexity index is 517. The van der Waals surface area contributed by atoms with Crippen molar-refractivity contribution in [1.82, 2.24) is 14.8 Å². The first kappa shape index (κ1) is 13.4. The molecule has 1 aromatic heterocycles. The number of rotatable bonds is 3. The van der Waals surface area contributed by atoms with Crippen molar-refractivity contribution in [3.8, 4) is 0 Å². The molecule has 102 valence electrons. The van der Waals surface area contributed by atoms with Gasteiger partial charge in [0, 0.05) is 12.6 Å². The highest BCUT2D eigenvalue weighted by Crippen LogP contribution is 2.29. The van der Waals surface area contributed by atoms with Crippen molar-refractivity contribution < 1.29 is 13.2 Å². The molecular weight excluding hydrogens is 256 g/mol.